The molecule has 0 radical (unpaired) electrons. The Balaban J connectivity index is 2.49. The molecule has 5 heteroatoms. The third-order valence-electron chi connectivity index (χ3n) is 3.84. The average Bonchev–Trinajstić information content (AvgIpc) is 2.67. The molecule has 1 N–H and O–H groups in total. The lowest BCUT2D eigenvalue weighted by atomic mass is 9.92. The van der Waals surface area contributed by atoms with E-state index in [9.17, 15) is 14.9 Å². The number of aromatic nitrogens is 1. The van der Waals surface area contributed by atoms with Crippen LogP contribution in [0.1, 0.15) is 15.9 Å². The summed E-state index contributed by atoms with van der Waals surface area (Å²) < 4.78 is 4.84. The molecule has 2 aromatic carbocycles. The zero-order valence-corrected chi connectivity index (χ0v) is 13.4. The standard InChI is InChI=1S/C20H14N2O3/c1-25-20(24)17-15(12-21)19(23)22-18(14-10-6-3-7-11-14)16(17)13-8-4-2-5-9-13/h2-11H,1H3,(H,22,23). The van der Waals surface area contributed by atoms with Gasteiger partial charge >= 0.3 is 5.97 Å². The van der Waals surface area contributed by atoms with E-state index in [1.54, 1.807) is 0 Å². The number of carbonyl (C=O) groups excluding carboxylic acids is 1. The van der Waals surface area contributed by atoms with Crippen LogP contribution in [0.4, 0.5) is 0 Å². The zero-order valence-electron chi connectivity index (χ0n) is 13.4. The van der Waals surface area contributed by atoms with Crippen LogP contribution in [0.25, 0.3) is 22.4 Å². The Morgan fingerprint density at radius 2 is 1.56 bits per heavy atom. The maximum Gasteiger partial charge on any atom is 0.340 e. The van der Waals surface area contributed by atoms with Gasteiger partial charge in [-0.05, 0) is 11.1 Å². The molecule has 0 fully saturated rings. The van der Waals surface area contributed by atoms with E-state index in [1.165, 1.54) is 7.11 Å². The van der Waals surface area contributed by atoms with E-state index in [-0.39, 0.29) is 11.1 Å². The number of nitrogens with one attached hydrogen (secondary N) is 1. The summed E-state index contributed by atoms with van der Waals surface area (Å²) in [7, 11) is 1.22. The fraction of sp³-hybridized carbons (Fsp3) is 0.0500. The Labute approximate surface area is 144 Å². The van der Waals surface area contributed by atoms with Gasteiger partial charge in [0.2, 0.25) is 0 Å². The van der Waals surface area contributed by atoms with Crippen molar-refractivity contribution >= 4 is 5.97 Å². The summed E-state index contributed by atoms with van der Waals surface area (Å²) in [6.07, 6.45) is 0. The maximum atomic E-state index is 12.4. The smallest absolute Gasteiger partial charge is 0.340 e. The summed E-state index contributed by atoms with van der Waals surface area (Å²) in [5, 5.41) is 9.40. The van der Waals surface area contributed by atoms with Crippen molar-refractivity contribution in [2.24, 2.45) is 0 Å². The van der Waals surface area contributed by atoms with Gasteiger partial charge < -0.3 is 9.72 Å². The summed E-state index contributed by atoms with van der Waals surface area (Å²) in [6, 6.07) is 20.1. The van der Waals surface area contributed by atoms with E-state index in [2.05, 4.69) is 4.98 Å². The predicted octanol–water partition coefficient (Wildman–Crippen LogP) is 3.37. The summed E-state index contributed by atoms with van der Waals surface area (Å²) >= 11 is 0. The number of hydrogen-bond acceptors (Lipinski definition) is 4. The van der Waals surface area contributed by atoms with Gasteiger partial charge in [-0.2, -0.15) is 5.26 Å². The second kappa shape index (κ2) is 6.85. The molecule has 25 heavy (non-hydrogen) atoms. The minimum Gasteiger partial charge on any atom is -0.465 e. The van der Waals surface area contributed by atoms with Crippen LogP contribution in [0.3, 0.4) is 0 Å². The van der Waals surface area contributed by atoms with Gasteiger partial charge in [0.1, 0.15) is 11.6 Å². The van der Waals surface area contributed by atoms with Gasteiger partial charge in [-0.25, -0.2) is 4.79 Å². The molecule has 5 nitrogen and oxygen atoms in total. The summed E-state index contributed by atoms with van der Waals surface area (Å²) in [6.45, 7) is 0. The first-order valence-electron chi connectivity index (χ1n) is 7.57. The van der Waals surface area contributed by atoms with E-state index in [0.717, 1.165) is 5.56 Å². The number of methoxy groups -OCH3 is 1. The summed E-state index contributed by atoms with van der Waals surface area (Å²) in [4.78, 5) is 27.5. The predicted molar refractivity (Wildman–Crippen MR) is 94.0 cm³/mol. The first-order chi connectivity index (χ1) is 12.2. The topological polar surface area (TPSA) is 83.0 Å². The van der Waals surface area contributed by atoms with Crippen molar-refractivity contribution in [3.05, 3.63) is 82.1 Å². The fourth-order valence-electron chi connectivity index (χ4n) is 2.73. The Kier molecular flexibility index (Phi) is 4.44. The van der Waals surface area contributed by atoms with Crippen molar-refractivity contribution < 1.29 is 9.53 Å². The molecule has 0 aliphatic heterocycles. The zero-order chi connectivity index (χ0) is 17.8. The van der Waals surface area contributed by atoms with Crippen LogP contribution in [-0.2, 0) is 4.74 Å². The molecule has 3 rings (SSSR count). The largest absolute Gasteiger partial charge is 0.465 e. The summed E-state index contributed by atoms with van der Waals surface area (Å²) in [5.41, 5.74) is 1.46. The van der Waals surface area contributed by atoms with Crippen LogP contribution in [0.2, 0.25) is 0 Å². The molecule has 1 aromatic heterocycles. The molecular formula is C20H14N2O3. The van der Waals surface area contributed by atoms with E-state index < -0.39 is 11.5 Å². The van der Waals surface area contributed by atoms with E-state index in [1.807, 2.05) is 66.7 Å². The van der Waals surface area contributed by atoms with Crippen molar-refractivity contribution in [1.82, 2.24) is 4.98 Å². The lowest BCUT2D eigenvalue weighted by Gasteiger charge is -2.15. The highest BCUT2D eigenvalue weighted by molar-refractivity contribution is 6.03. The van der Waals surface area contributed by atoms with Gasteiger partial charge in [0.25, 0.3) is 5.56 Å². The first-order valence-corrected chi connectivity index (χ1v) is 7.57. The molecule has 0 saturated carbocycles. The van der Waals surface area contributed by atoms with Gasteiger partial charge in [0, 0.05) is 5.56 Å². The molecule has 0 aliphatic carbocycles. The van der Waals surface area contributed by atoms with Crippen LogP contribution < -0.4 is 5.56 Å². The van der Waals surface area contributed by atoms with Gasteiger partial charge in [-0.1, -0.05) is 60.7 Å². The maximum absolute atomic E-state index is 12.4. The van der Waals surface area contributed by atoms with Crippen LogP contribution in [-0.4, -0.2) is 18.1 Å². The molecule has 0 unspecified atom stereocenters. The lowest BCUT2D eigenvalue weighted by Crippen LogP contribution is -2.20. The highest BCUT2D eigenvalue weighted by Crippen LogP contribution is 2.34. The minimum atomic E-state index is -0.723. The van der Waals surface area contributed by atoms with Gasteiger partial charge in [0.15, 0.2) is 0 Å². The molecule has 0 saturated heterocycles. The average molecular weight is 330 g/mol. The second-order valence-corrected chi connectivity index (χ2v) is 5.29. The van der Waals surface area contributed by atoms with E-state index >= 15 is 0 Å². The number of carbonyl (C=O) groups is 1. The minimum absolute atomic E-state index is 0.0289. The third kappa shape index (κ3) is 2.93. The molecule has 1 heterocycles. The normalized spacial score (nSPS) is 10.1. The molecule has 0 aliphatic rings. The quantitative estimate of drug-likeness (QED) is 0.746. The van der Waals surface area contributed by atoms with Gasteiger partial charge in [0.05, 0.1) is 18.4 Å². The molecule has 0 spiro atoms. The van der Waals surface area contributed by atoms with Crippen molar-refractivity contribution in [2.45, 2.75) is 0 Å². The van der Waals surface area contributed by atoms with Gasteiger partial charge in [-0.15, -0.1) is 0 Å². The monoisotopic (exact) mass is 330 g/mol. The number of H-pyrrole nitrogens is 1. The highest BCUT2D eigenvalue weighted by atomic mass is 16.5. The number of pyridine rings is 1. The number of rotatable bonds is 3. The van der Waals surface area contributed by atoms with Gasteiger partial charge in [-0.3, -0.25) is 4.79 Å². The number of ether oxygens (including phenoxy) is 1. The van der Waals surface area contributed by atoms with Crippen LogP contribution in [0, 0.1) is 11.3 Å². The van der Waals surface area contributed by atoms with Crippen molar-refractivity contribution in [3.8, 4) is 28.5 Å². The third-order valence-corrected chi connectivity index (χ3v) is 3.84. The molecule has 0 atom stereocenters. The second-order valence-electron chi connectivity index (χ2n) is 5.29. The number of aromatic amines is 1. The SMILES string of the molecule is COC(=O)c1c(-c2ccccc2)c(-c2ccccc2)[nH]c(=O)c1C#N. The van der Waals surface area contributed by atoms with Crippen LogP contribution in [0.15, 0.2) is 65.5 Å². The Morgan fingerprint density at radius 3 is 2.08 bits per heavy atom. The Bertz CT molecular complexity index is 1020. The van der Waals surface area contributed by atoms with Crippen molar-refractivity contribution in [2.75, 3.05) is 7.11 Å². The highest BCUT2D eigenvalue weighted by Gasteiger charge is 2.25. The fourth-order valence-corrected chi connectivity index (χ4v) is 2.73. The number of benzene rings is 2. The molecule has 3 aromatic rings. The number of esters is 1. The number of nitriles is 1. The first kappa shape index (κ1) is 16.2. The Morgan fingerprint density at radius 1 is 1.00 bits per heavy atom. The van der Waals surface area contributed by atoms with Crippen LogP contribution >= 0.6 is 0 Å². The lowest BCUT2D eigenvalue weighted by molar-refractivity contribution is 0.0601. The number of hydrogen-bond donors (Lipinski definition) is 1. The Hall–Kier alpha value is -3.65. The van der Waals surface area contributed by atoms with Crippen molar-refractivity contribution in [1.29, 1.82) is 5.26 Å². The molecule has 122 valence electrons. The molecule has 0 amide bonds. The molecular weight excluding hydrogens is 316 g/mol. The van der Waals surface area contributed by atoms with Crippen LogP contribution in [0.5, 0.6) is 0 Å². The molecule has 0 bridgehead atoms. The summed E-state index contributed by atoms with van der Waals surface area (Å²) in [5.74, 6) is -0.723. The van der Waals surface area contributed by atoms with E-state index in [4.69, 9.17) is 4.74 Å². The van der Waals surface area contributed by atoms with E-state index in [0.29, 0.717) is 16.8 Å². The number of nitrogens with zero attached hydrogens (tertiary/aromatic N) is 1. The van der Waals surface area contributed by atoms with Crippen molar-refractivity contribution in [3.63, 3.8) is 0 Å².